The molecule has 0 aliphatic carbocycles. The number of hydrogen-bond acceptors (Lipinski definition) is 4. The van der Waals surface area contributed by atoms with Gasteiger partial charge in [-0.2, -0.15) is 0 Å². The molecule has 0 bridgehead atoms. The van der Waals surface area contributed by atoms with Gasteiger partial charge in [0.05, 0.1) is 13.1 Å². The second-order valence-electron chi connectivity index (χ2n) is 2.37. The quantitative estimate of drug-likeness (QED) is 0.397. The van der Waals surface area contributed by atoms with E-state index in [1.165, 1.54) is 25.3 Å². The van der Waals surface area contributed by atoms with Crippen LogP contribution in [0.1, 0.15) is 20.7 Å². The first-order valence-corrected chi connectivity index (χ1v) is 3.53. The predicted molar refractivity (Wildman–Crippen MR) is 42.7 cm³/mol. The summed E-state index contributed by atoms with van der Waals surface area (Å²) >= 11 is 0. The van der Waals surface area contributed by atoms with E-state index in [1.54, 1.807) is 0 Å². The van der Waals surface area contributed by atoms with Crippen LogP contribution < -0.4 is 61.2 Å². The van der Waals surface area contributed by atoms with Crippen LogP contribution in [0.3, 0.4) is 0 Å². The second kappa shape index (κ2) is 6.31. The fourth-order valence-electron chi connectivity index (χ4n) is 0.958. The van der Waals surface area contributed by atoms with Crippen molar-refractivity contribution in [1.29, 1.82) is 0 Å². The molecule has 14 heavy (non-hydrogen) atoms. The van der Waals surface area contributed by atoms with E-state index in [0.29, 0.717) is 6.29 Å². The summed E-state index contributed by atoms with van der Waals surface area (Å²) in [6, 6.07) is 4.09. The molecule has 0 aliphatic rings. The Hall–Kier alpha value is -0.204. The van der Waals surface area contributed by atoms with Crippen molar-refractivity contribution in [3.63, 3.8) is 0 Å². The number of ether oxygens (including phenoxy) is 1. The van der Waals surface area contributed by atoms with Gasteiger partial charge in [0.25, 0.3) is 0 Å². The average molecular weight is 218 g/mol. The van der Waals surface area contributed by atoms with E-state index >= 15 is 0 Å². The van der Waals surface area contributed by atoms with Gasteiger partial charge in [-0.25, -0.2) is 0 Å². The van der Waals surface area contributed by atoms with Gasteiger partial charge >= 0.3 is 51.4 Å². The first-order chi connectivity index (χ1) is 6.19. The van der Waals surface area contributed by atoms with Gasteiger partial charge in [0.2, 0.25) is 0 Å². The summed E-state index contributed by atoms with van der Waals surface area (Å²) in [6.45, 7) is 0. The van der Waals surface area contributed by atoms with Gasteiger partial charge < -0.3 is 14.6 Å². The third-order valence-corrected chi connectivity index (χ3v) is 1.58. The van der Waals surface area contributed by atoms with Crippen LogP contribution in [0, 0.1) is 0 Å². The van der Waals surface area contributed by atoms with Gasteiger partial charge in [0, 0.05) is 11.1 Å². The minimum Gasteiger partial charge on any atom is -0.545 e. The zero-order valence-electron chi connectivity index (χ0n) is 7.94. The van der Waals surface area contributed by atoms with Gasteiger partial charge in [0.1, 0.15) is 12.0 Å². The first kappa shape index (κ1) is 13.8. The van der Waals surface area contributed by atoms with E-state index in [9.17, 15) is 14.7 Å². The molecular formula is C9H7KO4. The Bertz CT molecular complexity index is 349. The van der Waals surface area contributed by atoms with Gasteiger partial charge in [-0.3, -0.25) is 4.79 Å². The molecule has 0 aliphatic heterocycles. The standard InChI is InChI=1S/C9H8O4.K/c1-13-8-3-2-6(5-10)4-7(8)9(11)12;/h2-5H,1H3,(H,11,12);/q;+1/p-1. The average Bonchev–Trinajstić information content (AvgIpc) is 2.16. The summed E-state index contributed by atoms with van der Waals surface area (Å²) in [5.41, 5.74) is 0.159. The Morgan fingerprint density at radius 3 is 2.57 bits per heavy atom. The van der Waals surface area contributed by atoms with Gasteiger partial charge in [-0.1, -0.05) is 0 Å². The molecule has 0 spiro atoms. The Balaban J connectivity index is 0.00000169. The second-order valence-corrected chi connectivity index (χ2v) is 2.37. The molecule has 68 valence electrons. The van der Waals surface area contributed by atoms with Crippen molar-refractivity contribution in [2.45, 2.75) is 0 Å². The van der Waals surface area contributed by atoms with Crippen molar-refractivity contribution in [2.24, 2.45) is 0 Å². The molecule has 5 heteroatoms. The smallest absolute Gasteiger partial charge is 0.545 e. The normalized spacial score (nSPS) is 8.64. The number of hydrogen-bond donors (Lipinski definition) is 0. The molecule has 0 unspecified atom stereocenters. The summed E-state index contributed by atoms with van der Waals surface area (Å²) in [6.07, 6.45) is 0.561. The van der Waals surface area contributed by atoms with Crippen LogP contribution in [0.25, 0.3) is 0 Å². The molecule has 0 atom stereocenters. The van der Waals surface area contributed by atoms with E-state index in [0.717, 1.165) is 0 Å². The molecule has 4 nitrogen and oxygen atoms in total. The van der Waals surface area contributed by atoms with Crippen LogP contribution in [-0.2, 0) is 0 Å². The van der Waals surface area contributed by atoms with Crippen molar-refractivity contribution >= 4 is 12.3 Å². The number of aldehydes is 1. The molecule has 1 aromatic carbocycles. The molecular weight excluding hydrogens is 211 g/mol. The molecule has 1 aromatic rings. The number of rotatable bonds is 3. The van der Waals surface area contributed by atoms with Gasteiger partial charge in [-0.15, -0.1) is 0 Å². The Kier molecular flexibility index (Phi) is 6.22. The molecule has 0 N–H and O–H groups in total. The summed E-state index contributed by atoms with van der Waals surface area (Å²) in [7, 11) is 1.35. The van der Waals surface area contributed by atoms with Crippen molar-refractivity contribution in [2.75, 3.05) is 7.11 Å². The summed E-state index contributed by atoms with van der Waals surface area (Å²) < 4.78 is 4.77. The van der Waals surface area contributed by atoms with Crippen LogP contribution in [0.4, 0.5) is 0 Å². The van der Waals surface area contributed by atoms with Gasteiger partial charge in [-0.05, 0) is 18.2 Å². The van der Waals surface area contributed by atoms with E-state index in [-0.39, 0.29) is 68.3 Å². The van der Waals surface area contributed by atoms with Crippen LogP contribution >= 0.6 is 0 Å². The summed E-state index contributed by atoms with van der Waals surface area (Å²) in [5, 5.41) is 10.5. The monoisotopic (exact) mass is 218 g/mol. The fourth-order valence-corrected chi connectivity index (χ4v) is 0.958. The summed E-state index contributed by atoms with van der Waals surface area (Å²) in [4.78, 5) is 20.9. The molecule has 0 fully saturated rings. The van der Waals surface area contributed by atoms with E-state index in [2.05, 4.69) is 0 Å². The number of carboxylic acids is 1. The van der Waals surface area contributed by atoms with E-state index in [4.69, 9.17) is 4.74 Å². The third-order valence-electron chi connectivity index (χ3n) is 1.58. The minimum absolute atomic E-state index is 0. The molecule has 0 amide bonds. The van der Waals surface area contributed by atoms with Crippen molar-refractivity contribution in [1.82, 2.24) is 0 Å². The predicted octanol–water partition coefficient (Wildman–Crippen LogP) is -3.12. The number of methoxy groups -OCH3 is 1. The third kappa shape index (κ3) is 3.18. The van der Waals surface area contributed by atoms with E-state index in [1.807, 2.05) is 0 Å². The van der Waals surface area contributed by atoms with Crippen LogP contribution in [0.2, 0.25) is 0 Å². The van der Waals surface area contributed by atoms with Crippen molar-refractivity contribution < 1.29 is 70.8 Å². The SMILES string of the molecule is COc1ccc(C=O)cc1C(=O)[O-].[K+]. The zero-order chi connectivity index (χ0) is 9.84. The maximum absolute atomic E-state index is 10.5. The number of carboxylic acid groups (broad SMARTS) is 1. The Morgan fingerprint density at radius 2 is 2.14 bits per heavy atom. The Morgan fingerprint density at radius 1 is 1.50 bits per heavy atom. The molecule has 0 radical (unpaired) electrons. The summed E-state index contributed by atoms with van der Waals surface area (Å²) in [5.74, 6) is -1.17. The van der Waals surface area contributed by atoms with Gasteiger partial charge in [0.15, 0.2) is 0 Å². The number of carbonyl (C=O) groups excluding carboxylic acids is 2. The topological polar surface area (TPSA) is 66.4 Å². The zero-order valence-corrected chi connectivity index (χ0v) is 11.1. The molecule has 1 rings (SSSR count). The fraction of sp³-hybridized carbons (Fsp3) is 0.111. The molecule has 0 heterocycles. The van der Waals surface area contributed by atoms with Crippen molar-refractivity contribution in [3.8, 4) is 5.75 Å². The Labute approximate surface area is 124 Å². The molecule has 0 saturated heterocycles. The maximum atomic E-state index is 10.5. The largest absolute Gasteiger partial charge is 1.00 e. The molecule has 0 aromatic heterocycles. The number of aromatic carboxylic acids is 1. The number of carbonyl (C=O) groups is 2. The first-order valence-electron chi connectivity index (χ1n) is 3.53. The van der Waals surface area contributed by atoms with Crippen LogP contribution in [0.5, 0.6) is 5.75 Å². The van der Waals surface area contributed by atoms with Crippen LogP contribution in [0.15, 0.2) is 18.2 Å². The van der Waals surface area contributed by atoms with E-state index < -0.39 is 5.97 Å². The maximum Gasteiger partial charge on any atom is 1.00 e. The molecule has 0 saturated carbocycles. The number of benzene rings is 1. The van der Waals surface area contributed by atoms with Crippen LogP contribution in [-0.4, -0.2) is 19.4 Å². The minimum atomic E-state index is -1.36. The van der Waals surface area contributed by atoms with Crippen molar-refractivity contribution in [3.05, 3.63) is 29.3 Å².